The quantitative estimate of drug-likeness (QED) is 0.836. The molecule has 3 heteroatoms. The predicted molar refractivity (Wildman–Crippen MR) is 77.6 cm³/mol. The second-order valence-electron chi connectivity index (χ2n) is 4.53. The minimum Gasteiger partial charge on any atom is -0.491 e. The first-order valence-electron chi connectivity index (χ1n) is 6.40. The smallest absolute Gasteiger partial charge is 0.119 e. The molecule has 2 rings (SSSR count). The van der Waals surface area contributed by atoms with Gasteiger partial charge in [0.05, 0.1) is 0 Å². The van der Waals surface area contributed by atoms with E-state index in [-0.39, 0.29) is 6.61 Å². The highest BCUT2D eigenvalue weighted by molar-refractivity contribution is 5.45. The molecule has 0 saturated carbocycles. The highest BCUT2D eigenvalue weighted by Crippen LogP contribution is 2.10. The predicted octanol–water partition coefficient (Wildman–Crippen LogP) is 2.85. The van der Waals surface area contributed by atoms with Crippen molar-refractivity contribution in [3.63, 3.8) is 0 Å². The van der Waals surface area contributed by atoms with Crippen molar-refractivity contribution in [3.05, 3.63) is 60.2 Å². The van der Waals surface area contributed by atoms with Gasteiger partial charge in [0, 0.05) is 12.2 Å². The fourth-order valence-corrected chi connectivity index (χ4v) is 1.76. The van der Waals surface area contributed by atoms with Gasteiger partial charge in [0.2, 0.25) is 0 Å². The Labute approximate surface area is 113 Å². The third-order valence-electron chi connectivity index (χ3n) is 2.75. The molecular weight excluding hydrogens is 238 g/mol. The molecule has 2 N–H and O–H groups in total. The number of rotatable bonds is 6. The molecule has 0 aliphatic carbocycles. The number of hydrogen-bond donors (Lipinski definition) is 2. The molecule has 3 nitrogen and oxygen atoms in total. The molecule has 0 aromatic heterocycles. The molecule has 0 aliphatic heterocycles. The van der Waals surface area contributed by atoms with Gasteiger partial charge in [0.1, 0.15) is 18.5 Å². The number of hydrogen-bond acceptors (Lipinski definition) is 3. The molecule has 1 unspecified atom stereocenters. The van der Waals surface area contributed by atoms with Crippen molar-refractivity contribution in [2.75, 3.05) is 18.5 Å². The Morgan fingerprint density at radius 3 is 2.63 bits per heavy atom. The Hall–Kier alpha value is -2.00. The first kappa shape index (κ1) is 13.4. The number of benzene rings is 2. The van der Waals surface area contributed by atoms with Crippen LogP contribution in [0, 0.1) is 6.92 Å². The first-order chi connectivity index (χ1) is 9.24. The molecule has 0 heterocycles. The molecule has 100 valence electrons. The van der Waals surface area contributed by atoms with Crippen molar-refractivity contribution < 1.29 is 9.84 Å². The van der Waals surface area contributed by atoms with E-state index in [9.17, 15) is 5.11 Å². The van der Waals surface area contributed by atoms with Crippen LogP contribution in [0.4, 0.5) is 5.69 Å². The minimum atomic E-state index is -0.541. The summed E-state index contributed by atoms with van der Waals surface area (Å²) in [5, 5.41) is 13.0. The molecule has 2 aromatic carbocycles. The summed E-state index contributed by atoms with van der Waals surface area (Å²) < 4.78 is 5.49. The number of aryl methyl sites for hydroxylation is 1. The van der Waals surface area contributed by atoms with Gasteiger partial charge in [-0.15, -0.1) is 0 Å². The van der Waals surface area contributed by atoms with E-state index in [2.05, 4.69) is 5.32 Å². The lowest BCUT2D eigenvalue weighted by Gasteiger charge is -2.14. The largest absolute Gasteiger partial charge is 0.491 e. The van der Waals surface area contributed by atoms with E-state index in [1.807, 2.05) is 61.5 Å². The summed E-state index contributed by atoms with van der Waals surface area (Å²) in [5.74, 6) is 0.775. The van der Waals surface area contributed by atoms with Gasteiger partial charge in [-0.25, -0.2) is 0 Å². The second kappa shape index (κ2) is 6.81. The van der Waals surface area contributed by atoms with Crippen LogP contribution in [-0.2, 0) is 0 Å². The van der Waals surface area contributed by atoms with E-state index in [0.29, 0.717) is 6.54 Å². The number of aliphatic hydroxyl groups is 1. The number of nitrogens with one attached hydrogen (secondary N) is 1. The summed E-state index contributed by atoms with van der Waals surface area (Å²) >= 11 is 0. The average Bonchev–Trinajstić information content (AvgIpc) is 2.44. The van der Waals surface area contributed by atoms with Crippen molar-refractivity contribution in [1.82, 2.24) is 0 Å². The molecule has 0 aliphatic rings. The van der Waals surface area contributed by atoms with E-state index >= 15 is 0 Å². The third kappa shape index (κ3) is 4.64. The lowest BCUT2D eigenvalue weighted by atomic mass is 10.2. The van der Waals surface area contributed by atoms with Gasteiger partial charge in [0.15, 0.2) is 0 Å². The molecular formula is C16H19NO2. The van der Waals surface area contributed by atoms with E-state index in [1.165, 1.54) is 5.56 Å². The van der Waals surface area contributed by atoms with Crippen LogP contribution >= 0.6 is 0 Å². The monoisotopic (exact) mass is 257 g/mol. The normalized spacial score (nSPS) is 11.9. The van der Waals surface area contributed by atoms with Crippen LogP contribution in [0.3, 0.4) is 0 Å². The second-order valence-corrected chi connectivity index (χ2v) is 4.53. The highest BCUT2D eigenvalue weighted by Gasteiger charge is 2.05. The summed E-state index contributed by atoms with van der Waals surface area (Å²) in [6.45, 7) is 2.79. The van der Waals surface area contributed by atoms with Crippen LogP contribution in [-0.4, -0.2) is 24.4 Å². The van der Waals surface area contributed by atoms with E-state index in [4.69, 9.17) is 4.74 Å². The van der Waals surface area contributed by atoms with E-state index in [0.717, 1.165) is 11.4 Å². The molecule has 0 radical (unpaired) electrons. The Kier molecular flexibility index (Phi) is 4.81. The van der Waals surface area contributed by atoms with Gasteiger partial charge < -0.3 is 15.2 Å². The highest BCUT2D eigenvalue weighted by atomic mass is 16.5. The zero-order valence-electron chi connectivity index (χ0n) is 11.0. The maximum atomic E-state index is 9.85. The standard InChI is InChI=1S/C16H19NO2/c1-13-6-5-7-14(10-13)17-11-15(18)12-19-16-8-3-2-4-9-16/h2-10,15,17-18H,11-12H2,1H3. The van der Waals surface area contributed by atoms with Gasteiger partial charge in [-0.1, -0.05) is 30.3 Å². The van der Waals surface area contributed by atoms with Crippen molar-refractivity contribution in [2.45, 2.75) is 13.0 Å². The van der Waals surface area contributed by atoms with Crippen LogP contribution in [0.2, 0.25) is 0 Å². The molecule has 2 aromatic rings. The van der Waals surface area contributed by atoms with Gasteiger partial charge >= 0.3 is 0 Å². The molecule has 1 atom stereocenters. The van der Waals surface area contributed by atoms with Crippen LogP contribution in [0.5, 0.6) is 5.75 Å². The third-order valence-corrected chi connectivity index (χ3v) is 2.75. The maximum absolute atomic E-state index is 9.85. The van der Waals surface area contributed by atoms with Crippen molar-refractivity contribution in [3.8, 4) is 5.75 Å². The molecule has 0 fully saturated rings. The summed E-state index contributed by atoms with van der Waals surface area (Å²) in [6, 6.07) is 17.6. The molecule has 0 spiro atoms. The summed E-state index contributed by atoms with van der Waals surface area (Å²) in [5.41, 5.74) is 2.21. The zero-order valence-corrected chi connectivity index (χ0v) is 11.0. The molecule has 0 bridgehead atoms. The number of para-hydroxylation sites is 1. The Balaban J connectivity index is 1.74. The Morgan fingerprint density at radius 2 is 1.89 bits per heavy atom. The maximum Gasteiger partial charge on any atom is 0.119 e. The molecule has 0 amide bonds. The summed E-state index contributed by atoms with van der Waals surface area (Å²) in [7, 11) is 0. The Morgan fingerprint density at radius 1 is 1.11 bits per heavy atom. The van der Waals surface area contributed by atoms with Gasteiger partial charge in [-0.2, -0.15) is 0 Å². The van der Waals surface area contributed by atoms with Gasteiger partial charge in [-0.3, -0.25) is 0 Å². The van der Waals surface area contributed by atoms with Crippen LogP contribution in [0.15, 0.2) is 54.6 Å². The lowest BCUT2D eigenvalue weighted by molar-refractivity contribution is 0.117. The van der Waals surface area contributed by atoms with Crippen molar-refractivity contribution in [2.24, 2.45) is 0 Å². The molecule has 0 saturated heterocycles. The number of anilines is 1. The average molecular weight is 257 g/mol. The van der Waals surface area contributed by atoms with Gasteiger partial charge in [-0.05, 0) is 36.8 Å². The summed E-state index contributed by atoms with van der Waals surface area (Å²) in [4.78, 5) is 0. The molecule has 19 heavy (non-hydrogen) atoms. The van der Waals surface area contributed by atoms with Crippen LogP contribution in [0.25, 0.3) is 0 Å². The summed E-state index contributed by atoms with van der Waals surface area (Å²) in [6.07, 6.45) is -0.541. The lowest BCUT2D eigenvalue weighted by Crippen LogP contribution is -2.26. The zero-order chi connectivity index (χ0) is 13.5. The number of ether oxygens (including phenoxy) is 1. The fourth-order valence-electron chi connectivity index (χ4n) is 1.76. The van der Waals surface area contributed by atoms with E-state index in [1.54, 1.807) is 0 Å². The first-order valence-corrected chi connectivity index (χ1v) is 6.40. The van der Waals surface area contributed by atoms with Crippen molar-refractivity contribution >= 4 is 5.69 Å². The fraction of sp³-hybridized carbons (Fsp3) is 0.250. The van der Waals surface area contributed by atoms with Crippen molar-refractivity contribution in [1.29, 1.82) is 0 Å². The van der Waals surface area contributed by atoms with E-state index < -0.39 is 6.10 Å². The SMILES string of the molecule is Cc1cccc(NCC(O)COc2ccccc2)c1. The van der Waals surface area contributed by atoms with Crippen LogP contribution in [0.1, 0.15) is 5.56 Å². The topological polar surface area (TPSA) is 41.5 Å². The number of aliphatic hydroxyl groups excluding tert-OH is 1. The van der Waals surface area contributed by atoms with Gasteiger partial charge in [0.25, 0.3) is 0 Å². The van der Waals surface area contributed by atoms with Crippen LogP contribution < -0.4 is 10.1 Å². The minimum absolute atomic E-state index is 0.281. The Bertz CT molecular complexity index is 499.